The highest BCUT2D eigenvalue weighted by molar-refractivity contribution is 6.46. The van der Waals surface area contributed by atoms with Gasteiger partial charge in [-0.1, -0.05) is 32.0 Å². The van der Waals surface area contributed by atoms with Crippen molar-refractivity contribution in [1.29, 1.82) is 0 Å². The van der Waals surface area contributed by atoms with Crippen LogP contribution in [-0.4, -0.2) is 69.3 Å². The number of aryl methyl sites for hydroxylation is 1. The number of nitrogens with zero attached hydrogens (tertiary/aromatic N) is 4. The van der Waals surface area contributed by atoms with E-state index < -0.39 is 17.7 Å². The molecule has 1 aromatic carbocycles. The van der Waals surface area contributed by atoms with E-state index in [4.69, 9.17) is 4.74 Å². The summed E-state index contributed by atoms with van der Waals surface area (Å²) in [5.74, 6) is -0.908. The minimum Gasteiger partial charge on any atom is -0.505 e. The van der Waals surface area contributed by atoms with Crippen LogP contribution in [0.4, 0.5) is 0 Å². The second-order valence-electron chi connectivity index (χ2n) is 8.62. The zero-order chi connectivity index (χ0) is 25.1. The summed E-state index contributed by atoms with van der Waals surface area (Å²) in [6.07, 6.45) is 2.49. The van der Waals surface area contributed by atoms with Gasteiger partial charge >= 0.3 is 0 Å². The number of pyridine rings is 1. The maximum Gasteiger partial charge on any atom is 0.295 e. The minimum absolute atomic E-state index is 0.0693. The average molecular weight is 477 g/mol. The van der Waals surface area contributed by atoms with E-state index in [1.807, 2.05) is 42.5 Å². The van der Waals surface area contributed by atoms with Gasteiger partial charge in [-0.15, -0.1) is 0 Å². The van der Waals surface area contributed by atoms with Crippen molar-refractivity contribution in [2.45, 2.75) is 33.2 Å². The van der Waals surface area contributed by atoms with E-state index in [9.17, 15) is 14.7 Å². The quantitative estimate of drug-likeness (QED) is 0.287. The lowest BCUT2D eigenvalue weighted by molar-refractivity contribution is -0.140. The molecule has 0 spiro atoms. The highest BCUT2D eigenvalue weighted by Gasteiger charge is 2.46. The number of carbonyl (C=O) groups is 2. The summed E-state index contributed by atoms with van der Waals surface area (Å²) in [7, 11) is 1.57. The molecule has 184 valence electrons. The first-order valence-electron chi connectivity index (χ1n) is 12.0. The molecule has 0 radical (unpaired) electrons. The number of benzene rings is 1. The molecule has 1 N–H and O–H groups in total. The lowest BCUT2D eigenvalue weighted by Crippen LogP contribution is -2.33. The zero-order valence-corrected chi connectivity index (χ0v) is 20.7. The monoisotopic (exact) mass is 476 g/mol. The van der Waals surface area contributed by atoms with Gasteiger partial charge in [0.15, 0.2) is 5.76 Å². The maximum atomic E-state index is 13.4. The number of Topliss-reactive ketones (excluding diaryl/α,β-unsaturated/α-hetero) is 1. The van der Waals surface area contributed by atoms with E-state index in [1.165, 1.54) is 0 Å². The third-order valence-corrected chi connectivity index (χ3v) is 6.65. The van der Waals surface area contributed by atoms with Crippen LogP contribution in [0.1, 0.15) is 43.3 Å². The van der Waals surface area contributed by atoms with Crippen molar-refractivity contribution in [2.24, 2.45) is 0 Å². The summed E-state index contributed by atoms with van der Waals surface area (Å²) >= 11 is 0. The van der Waals surface area contributed by atoms with Gasteiger partial charge in [0.25, 0.3) is 11.7 Å². The number of ether oxygens (including phenoxy) is 1. The number of imidazole rings is 1. The van der Waals surface area contributed by atoms with Crippen LogP contribution in [0.2, 0.25) is 0 Å². The number of fused-ring (bicyclic) bond motifs is 1. The fourth-order valence-electron chi connectivity index (χ4n) is 4.80. The second kappa shape index (κ2) is 10.3. The third-order valence-electron chi connectivity index (χ3n) is 6.65. The standard InChI is InChI=1S/C27H32N4O4/c1-5-29(6-2)14-10-16-31-24(19-11-9-12-20(17-19)35-4)22(26(33)27(31)34)25(32)23-18(3)28-21-13-7-8-15-30(21)23/h7-9,11-13,15,17,24,32H,5-6,10,14,16H2,1-4H3/t24-/m1/s1. The largest absolute Gasteiger partial charge is 0.505 e. The molecule has 1 fully saturated rings. The molecule has 1 aliphatic heterocycles. The van der Waals surface area contributed by atoms with Gasteiger partial charge < -0.3 is 19.6 Å². The van der Waals surface area contributed by atoms with E-state index in [-0.39, 0.29) is 11.3 Å². The number of methoxy groups -OCH3 is 1. The van der Waals surface area contributed by atoms with Crippen LogP contribution >= 0.6 is 0 Å². The van der Waals surface area contributed by atoms with Crippen molar-refractivity contribution in [1.82, 2.24) is 19.2 Å². The smallest absolute Gasteiger partial charge is 0.295 e. The topological polar surface area (TPSA) is 87.4 Å². The van der Waals surface area contributed by atoms with E-state index in [2.05, 4.69) is 23.7 Å². The normalized spacial score (nSPS) is 17.6. The van der Waals surface area contributed by atoms with Crippen molar-refractivity contribution in [3.63, 3.8) is 0 Å². The first-order chi connectivity index (χ1) is 16.9. The predicted octanol–water partition coefficient (Wildman–Crippen LogP) is 3.80. The molecule has 2 aromatic heterocycles. The van der Waals surface area contributed by atoms with E-state index >= 15 is 0 Å². The minimum atomic E-state index is -0.726. The molecular weight excluding hydrogens is 444 g/mol. The number of carbonyl (C=O) groups excluding carboxylic acids is 2. The molecule has 0 bridgehead atoms. The van der Waals surface area contributed by atoms with Crippen LogP contribution in [0.5, 0.6) is 5.75 Å². The zero-order valence-electron chi connectivity index (χ0n) is 20.7. The Morgan fingerprint density at radius 1 is 1.14 bits per heavy atom. The molecular formula is C27H32N4O4. The highest BCUT2D eigenvalue weighted by atomic mass is 16.5. The number of ketones is 1. The van der Waals surface area contributed by atoms with Crippen LogP contribution in [0.15, 0.2) is 54.2 Å². The Bertz CT molecular complexity index is 1280. The van der Waals surface area contributed by atoms with Gasteiger partial charge in [-0.2, -0.15) is 0 Å². The lowest BCUT2D eigenvalue weighted by atomic mass is 9.96. The van der Waals surface area contributed by atoms with E-state index in [0.717, 1.165) is 19.6 Å². The predicted molar refractivity (Wildman–Crippen MR) is 134 cm³/mol. The summed E-state index contributed by atoms with van der Waals surface area (Å²) in [4.78, 5) is 35.0. The van der Waals surface area contributed by atoms with Gasteiger partial charge in [-0.05, 0) is 62.8 Å². The molecule has 35 heavy (non-hydrogen) atoms. The Labute approximate surface area is 205 Å². The van der Waals surface area contributed by atoms with Crippen LogP contribution in [-0.2, 0) is 9.59 Å². The van der Waals surface area contributed by atoms with E-state index in [0.29, 0.717) is 41.3 Å². The molecule has 0 saturated carbocycles. The van der Waals surface area contributed by atoms with Crippen molar-refractivity contribution in [3.8, 4) is 5.75 Å². The van der Waals surface area contributed by atoms with Crippen molar-refractivity contribution in [3.05, 3.63) is 71.2 Å². The van der Waals surface area contributed by atoms with Crippen LogP contribution in [0.25, 0.3) is 11.4 Å². The number of amides is 1. The van der Waals surface area contributed by atoms with Crippen molar-refractivity contribution >= 4 is 23.1 Å². The van der Waals surface area contributed by atoms with Crippen LogP contribution in [0, 0.1) is 6.92 Å². The summed E-state index contributed by atoms with van der Waals surface area (Å²) in [6.45, 7) is 9.03. The maximum absolute atomic E-state index is 13.4. The van der Waals surface area contributed by atoms with E-state index in [1.54, 1.807) is 29.5 Å². The molecule has 0 unspecified atom stereocenters. The Morgan fingerprint density at radius 3 is 2.63 bits per heavy atom. The number of aliphatic hydroxyl groups is 1. The Hall–Kier alpha value is -3.65. The molecule has 8 nitrogen and oxygen atoms in total. The molecule has 8 heteroatoms. The SMILES string of the molecule is CCN(CC)CCCN1C(=O)C(=O)C(=C(O)c2c(C)nc3ccccn23)[C@H]1c1cccc(OC)c1. The van der Waals surface area contributed by atoms with Crippen LogP contribution < -0.4 is 4.74 Å². The van der Waals surface area contributed by atoms with Crippen molar-refractivity contribution < 1.29 is 19.4 Å². The Morgan fingerprint density at radius 2 is 1.91 bits per heavy atom. The first-order valence-corrected chi connectivity index (χ1v) is 12.0. The second-order valence-corrected chi connectivity index (χ2v) is 8.62. The first kappa shape index (κ1) is 24.5. The third kappa shape index (κ3) is 4.53. The molecule has 1 saturated heterocycles. The van der Waals surface area contributed by atoms with Gasteiger partial charge in [0.1, 0.15) is 17.1 Å². The lowest BCUT2D eigenvalue weighted by Gasteiger charge is -2.27. The Balaban J connectivity index is 1.83. The van der Waals surface area contributed by atoms with Crippen molar-refractivity contribution in [2.75, 3.05) is 33.3 Å². The highest BCUT2D eigenvalue weighted by Crippen LogP contribution is 2.40. The number of rotatable bonds is 9. The molecule has 4 rings (SSSR count). The fourth-order valence-corrected chi connectivity index (χ4v) is 4.80. The summed E-state index contributed by atoms with van der Waals surface area (Å²) < 4.78 is 7.14. The van der Waals surface area contributed by atoms with Gasteiger partial charge in [-0.25, -0.2) is 4.98 Å². The molecule has 1 aliphatic rings. The Kier molecular flexibility index (Phi) is 7.21. The number of hydrogen-bond donors (Lipinski definition) is 1. The average Bonchev–Trinajstić information content (AvgIpc) is 3.34. The summed E-state index contributed by atoms with van der Waals surface area (Å²) in [6, 6.07) is 12.1. The molecule has 1 amide bonds. The molecule has 0 aliphatic carbocycles. The van der Waals surface area contributed by atoms with Crippen LogP contribution in [0.3, 0.4) is 0 Å². The van der Waals surface area contributed by atoms with Gasteiger partial charge in [0.05, 0.1) is 24.4 Å². The molecule has 3 heterocycles. The number of likely N-dealkylation sites (tertiary alicyclic amines) is 1. The number of hydrogen-bond acceptors (Lipinski definition) is 6. The van der Waals surface area contributed by atoms with Gasteiger partial charge in [-0.3, -0.25) is 14.0 Å². The van der Waals surface area contributed by atoms with Gasteiger partial charge in [0.2, 0.25) is 0 Å². The fraction of sp³-hybridized carbons (Fsp3) is 0.370. The molecule has 1 atom stereocenters. The molecule has 3 aromatic rings. The number of aromatic nitrogens is 2. The van der Waals surface area contributed by atoms with Gasteiger partial charge in [0, 0.05) is 12.7 Å². The number of aliphatic hydroxyl groups excluding tert-OH is 1. The summed E-state index contributed by atoms with van der Waals surface area (Å²) in [5.41, 5.74) is 2.41. The summed E-state index contributed by atoms with van der Waals surface area (Å²) in [5, 5.41) is 11.5.